The molecule has 2 nitrogen and oxygen atoms in total. The Morgan fingerprint density at radius 1 is 1.40 bits per heavy atom. The van der Waals surface area contributed by atoms with E-state index in [0.29, 0.717) is 5.92 Å². The highest BCUT2D eigenvalue weighted by atomic mass is 16.6. The minimum absolute atomic E-state index is 0.210. The summed E-state index contributed by atoms with van der Waals surface area (Å²) in [6, 6.07) is 0. The Kier molecular flexibility index (Phi) is 2.88. The van der Waals surface area contributed by atoms with Crippen LogP contribution in [-0.4, -0.2) is 11.6 Å². The van der Waals surface area contributed by atoms with E-state index in [1.807, 2.05) is 27.7 Å². The Balaban J connectivity index is 3.99. The van der Waals surface area contributed by atoms with Gasteiger partial charge in [0.2, 0.25) is 0 Å². The molecule has 0 saturated carbocycles. The van der Waals surface area contributed by atoms with Gasteiger partial charge in [0.1, 0.15) is 5.60 Å². The molecular formula is C8H16O2. The lowest BCUT2D eigenvalue weighted by molar-refractivity contribution is -0.157. The first kappa shape index (κ1) is 9.47. The highest BCUT2D eigenvalue weighted by molar-refractivity contribution is 5.66. The van der Waals surface area contributed by atoms with Crippen LogP contribution in [0.15, 0.2) is 0 Å². The molecule has 0 N–H and O–H groups in total. The molecule has 0 bridgehead atoms. The summed E-state index contributed by atoms with van der Waals surface area (Å²) in [5.74, 6) is 0.148. The smallest absolute Gasteiger partial charge is 0.303 e. The van der Waals surface area contributed by atoms with E-state index in [9.17, 15) is 4.79 Å². The fourth-order valence-electron chi connectivity index (χ4n) is 0.488. The molecule has 0 aliphatic rings. The zero-order chi connectivity index (χ0) is 8.36. The van der Waals surface area contributed by atoms with Crippen molar-refractivity contribution in [3.63, 3.8) is 0 Å². The Morgan fingerprint density at radius 3 is 1.90 bits per heavy atom. The van der Waals surface area contributed by atoms with Gasteiger partial charge in [0.25, 0.3) is 0 Å². The molecule has 60 valence electrons. The molecule has 0 aliphatic heterocycles. The van der Waals surface area contributed by atoms with E-state index in [2.05, 4.69) is 0 Å². The molecule has 0 aliphatic carbocycles. The van der Waals surface area contributed by atoms with Crippen LogP contribution in [0.25, 0.3) is 0 Å². The monoisotopic (exact) mass is 144 g/mol. The van der Waals surface area contributed by atoms with Crippen LogP contribution in [0.4, 0.5) is 0 Å². The van der Waals surface area contributed by atoms with Gasteiger partial charge in [0.15, 0.2) is 0 Å². The van der Waals surface area contributed by atoms with Crippen LogP contribution in [0.1, 0.15) is 34.6 Å². The maximum absolute atomic E-state index is 10.5. The van der Waals surface area contributed by atoms with Crippen molar-refractivity contribution < 1.29 is 9.53 Å². The number of ether oxygens (including phenoxy) is 1. The van der Waals surface area contributed by atoms with Gasteiger partial charge >= 0.3 is 5.97 Å². The van der Waals surface area contributed by atoms with Crippen molar-refractivity contribution >= 4 is 5.97 Å². The Hall–Kier alpha value is -0.530. The molecule has 0 radical (unpaired) electrons. The van der Waals surface area contributed by atoms with Gasteiger partial charge in [-0.1, -0.05) is 13.8 Å². The number of carbonyl (C=O) groups is 1. The molecule has 0 aromatic rings. The molecule has 2 heteroatoms. The van der Waals surface area contributed by atoms with Crippen LogP contribution in [0.3, 0.4) is 0 Å². The fraction of sp³-hybridized carbons (Fsp3) is 0.875. The molecule has 0 fully saturated rings. The summed E-state index contributed by atoms with van der Waals surface area (Å²) >= 11 is 0. The molecule has 0 heterocycles. The third kappa shape index (κ3) is 2.85. The summed E-state index contributed by atoms with van der Waals surface area (Å²) in [7, 11) is 0. The van der Waals surface area contributed by atoms with Crippen LogP contribution >= 0.6 is 0 Å². The molecule has 0 aromatic heterocycles. The van der Waals surface area contributed by atoms with Gasteiger partial charge in [-0.05, 0) is 19.8 Å². The summed E-state index contributed by atoms with van der Waals surface area (Å²) in [5.41, 5.74) is -0.328. The van der Waals surface area contributed by atoms with E-state index in [0.717, 1.165) is 0 Å². The van der Waals surface area contributed by atoms with Gasteiger partial charge in [-0.2, -0.15) is 0 Å². The van der Waals surface area contributed by atoms with Gasteiger partial charge in [-0.15, -0.1) is 0 Å². The predicted octanol–water partition coefficient (Wildman–Crippen LogP) is 1.98. The first-order valence-electron chi connectivity index (χ1n) is 3.56. The molecular weight excluding hydrogens is 128 g/mol. The summed E-state index contributed by atoms with van der Waals surface area (Å²) in [6.45, 7) is 9.33. The van der Waals surface area contributed by atoms with Crippen LogP contribution in [0.2, 0.25) is 0 Å². The Bertz CT molecular complexity index is 125. The van der Waals surface area contributed by atoms with Crippen molar-refractivity contribution in [3.05, 3.63) is 0 Å². The predicted molar refractivity (Wildman–Crippen MR) is 40.7 cm³/mol. The topological polar surface area (TPSA) is 26.3 Å². The van der Waals surface area contributed by atoms with E-state index in [1.165, 1.54) is 6.92 Å². The van der Waals surface area contributed by atoms with Crippen LogP contribution in [0, 0.1) is 5.92 Å². The zero-order valence-electron chi connectivity index (χ0n) is 7.39. The van der Waals surface area contributed by atoms with Crippen molar-refractivity contribution in [2.75, 3.05) is 0 Å². The molecule has 0 amide bonds. The molecule has 0 rings (SSSR count). The van der Waals surface area contributed by atoms with Crippen molar-refractivity contribution in [3.8, 4) is 0 Å². The maximum atomic E-state index is 10.5. The van der Waals surface area contributed by atoms with E-state index < -0.39 is 0 Å². The second-order valence-corrected chi connectivity index (χ2v) is 3.35. The minimum Gasteiger partial charge on any atom is -0.460 e. The molecule has 0 aromatic carbocycles. The second-order valence-electron chi connectivity index (χ2n) is 3.35. The SMILES string of the molecule is CC(=O)OC(C)(C)C(C)C. The first-order valence-corrected chi connectivity index (χ1v) is 3.56. The van der Waals surface area contributed by atoms with Gasteiger partial charge in [-0.3, -0.25) is 4.79 Å². The molecule has 0 unspecified atom stereocenters. The molecule has 0 spiro atoms. The summed E-state index contributed by atoms with van der Waals surface area (Å²) in [5, 5.41) is 0. The zero-order valence-corrected chi connectivity index (χ0v) is 7.39. The van der Waals surface area contributed by atoms with Gasteiger partial charge in [0.05, 0.1) is 0 Å². The van der Waals surface area contributed by atoms with Gasteiger partial charge < -0.3 is 4.74 Å². The lowest BCUT2D eigenvalue weighted by Gasteiger charge is -2.28. The maximum Gasteiger partial charge on any atom is 0.303 e. The van der Waals surface area contributed by atoms with Crippen molar-refractivity contribution in [2.24, 2.45) is 5.92 Å². The summed E-state index contributed by atoms with van der Waals surface area (Å²) < 4.78 is 5.06. The lowest BCUT2D eigenvalue weighted by Crippen LogP contribution is -2.32. The van der Waals surface area contributed by atoms with E-state index in [1.54, 1.807) is 0 Å². The van der Waals surface area contributed by atoms with Crippen molar-refractivity contribution in [1.29, 1.82) is 0 Å². The summed E-state index contributed by atoms with van der Waals surface area (Å²) in [6.07, 6.45) is 0. The second kappa shape index (κ2) is 3.04. The average Bonchev–Trinajstić information content (AvgIpc) is 1.60. The standard InChI is InChI=1S/C8H16O2/c1-6(2)8(4,5)10-7(3)9/h6H,1-5H3. The number of rotatable bonds is 2. The number of hydrogen-bond acceptors (Lipinski definition) is 2. The van der Waals surface area contributed by atoms with Crippen LogP contribution < -0.4 is 0 Å². The lowest BCUT2D eigenvalue weighted by atomic mass is 9.95. The number of esters is 1. The normalized spacial score (nSPS) is 11.8. The van der Waals surface area contributed by atoms with Crippen LogP contribution in [-0.2, 0) is 9.53 Å². The highest BCUT2D eigenvalue weighted by Gasteiger charge is 2.24. The van der Waals surface area contributed by atoms with Gasteiger partial charge in [0, 0.05) is 6.92 Å². The third-order valence-corrected chi connectivity index (χ3v) is 1.80. The van der Waals surface area contributed by atoms with Gasteiger partial charge in [-0.25, -0.2) is 0 Å². The minimum atomic E-state index is -0.328. The third-order valence-electron chi connectivity index (χ3n) is 1.80. The highest BCUT2D eigenvalue weighted by Crippen LogP contribution is 2.19. The van der Waals surface area contributed by atoms with Crippen molar-refractivity contribution in [1.82, 2.24) is 0 Å². The number of carbonyl (C=O) groups excluding carboxylic acids is 1. The van der Waals surface area contributed by atoms with E-state index in [4.69, 9.17) is 4.74 Å². The average molecular weight is 144 g/mol. The molecule has 0 saturated heterocycles. The van der Waals surface area contributed by atoms with Crippen molar-refractivity contribution in [2.45, 2.75) is 40.2 Å². The van der Waals surface area contributed by atoms with Crippen LogP contribution in [0.5, 0.6) is 0 Å². The fourth-order valence-corrected chi connectivity index (χ4v) is 0.488. The quantitative estimate of drug-likeness (QED) is 0.554. The first-order chi connectivity index (χ1) is 4.36. The summed E-state index contributed by atoms with van der Waals surface area (Å²) in [4.78, 5) is 10.5. The largest absolute Gasteiger partial charge is 0.460 e. The Labute approximate surface area is 62.6 Å². The van der Waals surface area contributed by atoms with E-state index >= 15 is 0 Å². The van der Waals surface area contributed by atoms with E-state index in [-0.39, 0.29) is 11.6 Å². The molecule has 0 atom stereocenters. The Morgan fingerprint density at radius 2 is 1.80 bits per heavy atom. The number of hydrogen-bond donors (Lipinski definition) is 0. The molecule has 10 heavy (non-hydrogen) atoms.